The highest BCUT2D eigenvalue weighted by Crippen LogP contribution is 2.33. The molecule has 0 spiro atoms. The molecule has 1 aromatic carbocycles. The number of sulfone groups is 1. The van der Waals surface area contributed by atoms with Crippen molar-refractivity contribution >= 4 is 49.1 Å². The number of rotatable bonds is 4. The van der Waals surface area contributed by atoms with E-state index in [-0.39, 0.29) is 22.7 Å². The zero-order valence-electron chi connectivity index (χ0n) is 14.5. The standard InChI is InChI=1S/C18H22N2O3S3/c21-17(11-24-14-7-9-26(22,23)12-14)20-8-3-4-13(10-20)18-19-15-5-1-2-6-16(15)25-18/h1-2,5-6,13-14H,3-4,7-12H2/t13-,14+/m1/s1. The minimum absolute atomic E-state index is 0.0776. The summed E-state index contributed by atoms with van der Waals surface area (Å²) in [5, 5.41) is 1.20. The van der Waals surface area contributed by atoms with Crippen molar-refractivity contribution < 1.29 is 13.2 Å². The number of hydrogen-bond donors (Lipinski definition) is 0. The molecule has 2 fully saturated rings. The highest BCUT2D eigenvalue weighted by atomic mass is 32.2. The van der Waals surface area contributed by atoms with Gasteiger partial charge in [0.15, 0.2) is 9.84 Å². The lowest BCUT2D eigenvalue weighted by Gasteiger charge is -2.32. The molecule has 4 rings (SSSR count). The second-order valence-electron chi connectivity index (χ2n) is 7.03. The smallest absolute Gasteiger partial charge is 0.232 e. The minimum atomic E-state index is -2.88. The Morgan fingerprint density at radius 3 is 2.92 bits per heavy atom. The molecule has 140 valence electrons. The largest absolute Gasteiger partial charge is 0.341 e. The van der Waals surface area contributed by atoms with Crippen LogP contribution in [-0.4, -0.2) is 59.8 Å². The van der Waals surface area contributed by atoms with E-state index >= 15 is 0 Å². The van der Waals surface area contributed by atoms with E-state index in [4.69, 9.17) is 4.98 Å². The Morgan fingerprint density at radius 1 is 1.31 bits per heavy atom. The average molecular weight is 411 g/mol. The fourth-order valence-electron chi connectivity index (χ4n) is 3.64. The minimum Gasteiger partial charge on any atom is -0.341 e. The van der Waals surface area contributed by atoms with Crippen molar-refractivity contribution in [1.82, 2.24) is 9.88 Å². The Labute approximate surface area is 162 Å². The number of amides is 1. The van der Waals surface area contributed by atoms with Crippen LogP contribution in [0.25, 0.3) is 10.2 Å². The summed E-state index contributed by atoms with van der Waals surface area (Å²) < 4.78 is 24.3. The van der Waals surface area contributed by atoms with Gasteiger partial charge in [-0.05, 0) is 31.4 Å². The van der Waals surface area contributed by atoms with Gasteiger partial charge in [-0.3, -0.25) is 4.79 Å². The van der Waals surface area contributed by atoms with Crippen molar-refractivity contribution in [1.29, 1.82) is 0 Å². The number of nitrogens with zero attached hydrogens (tertiary/aromatic N) is 2. The van der Waals surface area contributed by atoms with Crippen molar-refractivity contribution in [2.24, 2.45) is 0 Å². The number of fused-ring (bicyclic) bond motifs is 1. The molecule has 1 aromatic heterocycles. The van der Waals surface area contributed by atoms with Crippen molar-refractivity contribution in [2.45, 2.75) is 30.4 Å². The summed E-state index contributed by atoms with van der Waals surface area (Å²) in [6, 6.07) is 8.16. The van der Waals surface area contributed by atoms with Crippen LogP contribution < -0.4 is 0 Å². The highest BCUT2D eigenvalue weighted by molar-refractivity contribution is 8.02. The van der Waals surface area contributed by atoms with Crippen molar-refractivity contribution in [3.63, 3.8) is 0 Å². The third-order valence-electron chi connectivity index (χ3n) is 5.07. The number of likely N-dealkylation sites (tertiary alicyclic amines) is 1. The van der Waals surface area contributed by atoms with Gasteiger partial charge in [0.05, 0.1) is 32.5 Å². The van der Waals surface area contributed by atoms with E-state index in [1.807, 2.05) is 23.1 Å². The van der Waals surface area contributed by atoms with E-state index in [9.17, 15) is 13.2 Å². The first-order valence-corrected chi connectivity index (χ1v) is 12.6. The first-order valence-electron chi connectivity index (χ1n) is 8.95. The molecule has 3 heterocycles. The number of carbonyl (C=O) groups excluding carboxylic acids is 1. The average Bonchev–Trinajstić information content (AvgIpc) is 3.22. The lowest BCUT2D eigenvalue weighted by molar-refractivity contribution is -0.129. The highest BCUT2D eigenvalue weighted by Gasteiger charge is 2.31. The summed E-state index contributed by atoms with van der Waals surface area (Å²) in [5.74, 6) is 1.31. The van der Waals surface area contributed by atoms with E-state index in [1.54, 1.807) is 11.3 Å². The predicted octanol–water partition coefficient (Wildman–Crippen LogP) is 2.92. The zero-order chi connectivity index (χ0) is 18.1. The second kappa shape index (κ2) is 7.48. The summed E-state index contributed by atoms with van der Waals surface area (Å²) in [5.41, 5.74) is 1.04. The van der Waals surface area contributed by atoms with Gasteiger partial charge in [0, 0.05) is 24.3 Å². The van der Waals surface area contributed by atoms with E-state index in [0.29, 0.717) is 18.1 Å². The van der Waals surface area contributed by atoms with Crippen LogP contribution in [0.3, 0.4) is 0 Å². The van der Waals surface area contributed by atoms with E-state index in [2.05, 4.69) is 6.07 Å². The van der Waals surface area contributed by atoms with E-state index < -0.39 is 9.84 Å². The molecular formula is C18H22N2O3S3. The van der Waals surface area contributed by atoms with Gasteiger partial charge in [-0.15, -0.1) is 23.1 Å². The molecule has 2 atom stereocenters. The Hall–Kier alpha value is -1.12. The van der Waals surface area contributed by atoms with Gasteiger partial charge in [-0.25, -0.2) is 13.4 Å². The lowest BCUT2D eigenvalue weighted by Crippen LogP contribution is -2.40. The van der Waals surface area contributed by atoms with Crippen LogP contribution in [0.5, 0.6) is 0 Å². The maximum Gasteiger partial charge on any atom is 0.232 e. The Balaban J connectivity index is 1.36. The number of piperidine rings is 1. The van der Waals surface area contributed by atoms with E-state index in [1.165, 1.54) is 16.5 Å². The molecule has 2 aliphatic rings. The van der Waals surface area contributed by atoms with Crippen LogP contribution in [-0.2, 0) is 14.6 Å². The zero-order valence-corrected chi connectivity index (χ0v) is 16.9. The molecule has 2 aliphatic heterocycles. The summed E-state index contributed by atoms with van der Waals surface area (Å²) >= 11 is 3.24. The SMILES string of the molecule is O=C(CS[C@H]1CCS(=O)(=O)C1)N1CCC[C@@H](c2nc3ccccc3s2)C1. The van der Waals surface area contributed by atoms with Gasteiger partial charge in [-0.2, -0.15) is 0 Å². The molecule has 0 saturated carbocycles. The molecule has 0 unspecified atom stereocenters. The van der Waals surface area contributed by atoms with Crippen molar-refractivity contribution in [3.05, 3.63) is 29.3 Å². The molecule has 0 bridgehead atoms. The van der Waals surface area contributed by atoms with Crippen LogP contribution >= 0.6 is 23.1 Å². The van der Waals surface area contributed by atoms with Crippen molar-refractivity contribution in [3.8, 4) is 0 Å². The van der Waals surface area contributed by atoms with Gasteiger partial charge < -0.3 is 4.90 Å². The van der Waals surface area contributed by atoms with Crippen LogP contribution in [0.1, 0.15) is 30.2 Å². The Bertz CT molecular complexity index is 876. The maximum absolute atomic E-state index is 12.6. The molecule has 2 aromatic rings. The quantitative estimate of drug-likeness (QED) is 0.775. The normalized spacial score (nSPS) is 25.6. The molecule has 2 saturated heterocycles. The lowest BCUT2D eigenvalue weighted by atomic mass is 9.99. The van der Waals surface area contributed by atoms with Gasteiger partial charge in [0.2, 0.25) is 5.91 Å². The molecule has 1 amide bonds. The topological polar surface area (TPSA) is 67.3 Å². The van der Waals surface area contributed by atoms with E-state index in [0.717, 1.165) is 36.5 Å². The Morgan fingerprint density at radius 2 is 2.15 bits per heavy atom. The first-order chi connectivity index (χ1) is 12.5. The molecule has 8 heteroatoms. The monoisotopic (exact) mass is 410 g/mol. The third-order valence-corrected chi connectivity index (χ3v) is 9.53. The molecule has 26 heavy (non-hydrogen) atoms. The number of hydrogen-bond acceptors (Lipinski definition) is 6. The van der Waals surface area contributed by atoms with Crippen molar-refractivity contribution in [2.75, 3.05) is 30.3 Å². The van der Waals surface area contributed by atoms with Crippen LogP contribution in [0.2, 0.25) is 0 Å². The van der Waals surface area contributed by atoms with Gasteiger partial charge in [-0.1, -0.05) is 12.1 Å². The summed E-state index contributed by atoms with van der Waals surface area (Å²) in [6.45, 7) is 1.52. The number of para-hydroxylation sites is 1. The fraction of sp³-hybridized carbons (Fsp3) is 0.556. The van der Waals surface area contributed by atoms with Crippen LogP contribution in [0, 0.1) is 0 Å². The molecule has 0 aliphatic carbocycles. The van der Waals surface area contributed by atoms with Gasteiger partial charge in [0.25, 0.3) is 0 Å². The molecule has 0 N–H and O–H groups in total. The second-order valence-corrected chi connectivity index (χ2v) is 11.6. The number of carbonyl (C=O) groups is 1. The number of aromatic nitrogens is 1. The van der Waals surface area contributed by atoms with Gasteiger partial charge in [0.1, 0.15) is 0 Å². The maximum atomic E-state index is 12.6. The molecule has 0 radical (unpaired) electrons. The third kappa shape index (κ3) is 4.07. The predicted molar refractivity (Wildman–Crippen MR) is 108 cm³/mol. The summed E-state index contributed by atoms with van der Waals surface area (Å²) in [6.07, 6.45) is 2.74. The molecular weight excluding hydrogens is 388 g/mol. The number of thiazole rings is 1. The summed E-state index contributed by atoms with van der Waals surface area (Å²) in [4.78, 5) is 19.3. The van der Waals surface area contributed by atoms with Gasteiger partial charge >= 0.3 is 0 Å². The summed E-state index contributed by atoms with van der Waals surface area (Å²) in [7, 11) is -2.88. The fourth-order valence-corrected chi connectivity index (χ4v) is 8.28. The van der Waals surface area contributed by atoms with Crippen LogP contribution in [0.15, 0.2) is 24.3 Å². The first kappa shape index (κ1) is 18.3. The number of thioether (sulfide) groups is 1. The Kier molecular flexibility index (Phi) is 5.25. The number of benzene rings is 1. The van der Waals surface area contributed by atoms with Crippen LogP contribution in [0.4, 0.5) is 0 Å². The molecule has 5 nitrogen and oxygen atoms in total.